The SMILES string of the molecule is CC(=O)C1(OOC2(C(C)=O)CCC3C4CCC5=CC(=O)CCC5(C)C4(F)C(O)CC32C)CCC2C3CCC4=CC(=O)CCC4(C)C3(F)C(O)CC21C. The number of rotatable bonds is 5. The molecular weight excluding hydrogens is 670 g/mol. The fourth-order valence-electron chi connectivity index (χ4n) is 14.8. The van der Waals surface area contributed by atoms with Crippen molar-refractivity contribution in [2.24, 2.45) is 45.3 Å². The summed E-state index contributed by atoms with van der Waals surface area (Å²) in [7, 11) is 0. The predicted octanol–water partition coefficient (Wildman–Crippen LogP) is 6.78. The van der Waals surface area contributed by atoms with Crippen LogP contribution in [0.4, 0.5) is 8.78 Å². The molecule has 0 aromatic carbocycles. The maximum atomic E-state index is 17.8. The van der Waals surface area contributed by atoms with Gasteiger partial charge in [0.1, 0.15) is 11.3 Å². The van der Waals surface area contributed by atoms with Crippen LogP contribution in [0, 0.1) is 45.3 Å². The van der Waals surface area contributed by atoms with Crippen molar-refractivity contribution in [3.63, 3.8) is 0 Å². The van der Waals surface area contributed by atoms with Crippen LogP contribution in [0.2, 0.25) is 0 Å². The van der Waals surface area contributed by atoms with Crippen molar-refractivity contribution < 1.29 is 47.9 Å². The minimum Gasteiger partial charge on any atom is -0.390 e. The van der Waals surface area contributed by atoms with Gasteiger partial charge in [-0.1, -0.05) is 38.8 Å². The number of hydrogen-bond acceptors (Lipinski definition) is 8. The van der Waals surface area contributed by atoms with Crippen molar-refractivity contribution in [3.8, 4) is 0 Å². The normalized spacial score (nSPS) is 53.7. The molecule has 8 aliphatic carbocycles. The third kappa shape index (κ3) is 4.06. The Morgan fingerprint density at radius 1 is 0.615 bits per heavy atom. The molecule has 8 aliphatic rings. The average molecular weight is 727 g/mol. The van der Waals surface area contributed by atoms with E-state index in [-0.39, 0.29) is 73.5 Å². The Morgan fingerprint density at radius 2 is 0.981 bits per heavy atom. The molecule has 0 saturated heterocycles. The number of ketones is 4. The monoisotopic (exact) mass is 726 g/mol. The van der Waals surface area contributed by atoms with E-state index in [4.69, 9.17) is 9.78 Å². The van der Waals surface area contributed by atoms with E-state index in [1.54, 1.807) is 12.2 Å². The smallest absolute Gasteiger partial charge is 0.167 e. The first kappa shape index (κ1) is 36.8. The number of carbonyl (C=O) groups excluding carboxylic acids is 4. The number of allylic oxidation sites excluding steroid dienone is 2. The second kappa shape index (κ2) is 11.2. The molecule has 0 aromatic rings. The van der Waals surface area contributed by atoms with Crippen LogP contribution >= 0.6 is 0 Å². The van der Waals surface area contributed by atoms with Crippen LogP contribution < -0.4 is 0 Å². The molecule has 0 aliphatic heterocycles. The van der Waals surface area contributed by atoms with Gasteiger partial charge in [-0.05, 0) is 115 Å². The molecular formula is C42H56F2O8. The van der Waals surface area contributed by atoms with Gasteiger partial charge >= 0.3 is 0 Å². The fraction of sp³-hybridized carbons (Fsp3) is 0.810. The molecule has 14 atom stereocenters. The van der Waals surface area contributed by atoms with Crippen molar-refractivity contribution >= 4 is 23.1 Å². The topological polar surface area (TPSA) is 127 Å². The van der Waals surface area contributed by atoms with Crippen molar-refractivity contribution in [1.29, 1.82) is 0 Å². The van der Waals surface area contributed by atoms with Crippen LogP contribution in [-0.2, 0) is 29.0 Å². The van der Waals surface area contributed by atoms with Gasteiger partial charge in [-0.2, -0.15) is 0 Å². The summed E-state index contributed by atoms with van der Waals surface area (Å²) in [5.41, 5.74) is -9.68. The minimum absolute atomic E-state index is 0.0126. The summed E-state index contributed by atoms with van der Waals surface area (Å²) in [6.07, 6.45) is 4.62. The van der Waals surface area contributed by atoms with Crippen LogP contribution in [0.5, 0.6) is 0 Å². The molecule has 10 heteroatoms. The van der Waals surface area contributed by atoms with Crippen LogP contribution in [-0.4, -0.2) is 68.1 Å². The van der Waals surface area contributed by atoms with E-state index in [2.05, 4.69) is 0 Å². The summed E-state index contributed by atoms with van der Waals surface area (Å²) in [6, 6.07) is 0. The molecule has 0 amide bonds. The molecule has 14 unspecified atom stereocenters. The van der Waals surface area contributed by atoms with Gasteiger partial charge in [0.2, 0.25) is 0 Å². The third-order valence-electron chi connectivity index (χ3n) is 17.8. The van der Waals surface area contributed by atoms with E-state index in [1.807, 2.05) is 27.7 Å². The molecule has 0 heterocycles. The zero-order valence-electron chi connectivity index (χ0n) is 31.6. The Hall–Kier alpha value is -2.14. The van der Waals surface area contributed by atoms with Gasteiger partial charge in [0.05, 0.1) is 12.2 Å². The van der Waals surface area contributed by atoms with E-state index < -0.39 is 68.2 Å². The number of carbonyl (C=O) groups is 4. The van der Waals surface area contributed by atoms with Gasteiger partial charge in [0, 0.05) is 46.3 Å². The van der Waals surface area contributed by atoms with Gasteiger partial charge in [-0.15, -0.1) is 0 Å². The van der Waals surface area contributed by atoms with Gasteiger partial charge in [-0.25, -0.2) is 18.6 Å². The lowest BCUT2D eigenvalue weighted by Crippen LogP contribution is -2.70. The van der Waals surface area contributed by atoms with Crippen LogP contribution in [0.15, 0.2) is 23.3 Å². The van der Waals surface area contributed by atoms with Gasteiger partial charge < -0.3 is 10.2 Å². The summed E-state index contributed by atoms with van der Waals surface area (Å²) in [6.45, 7) is 10.3. The molecule has 0 radical (unpaired) electrons. The van der Waals surface area contributed by atoms with Crippen molar-refractivity contribution in [2.75, 3.05) is 0 Å². The molecule has 0 bridgehead atoms. The third-order valence-corrected chi connectivity index (χ3v) is 17.8. The second-order valence-corrected chi connectivity index (χ2v) is 19.3. The predicted molar refractivity (Wildman–Crippen MR) is 186 cm³/mol. The Kier molecular flexibility index (Phi) is 7.95. The van der Waals surface area contributed by atoms with E-state index >= 15 is 8.78 Å². The van der Waals surface area contributed by atoms with Crippen LogP contribution in [0.1, 0.15) is 131 Å². The number of fused-ring (bicyclic) bond motifs is 10. The number of aliphatic hydroxyl groups is 2. The quantitative estimate of drug-likeness (QED) is 0.235. The second-order valence-electron chi connectivity index (χ2n) is 19.3. The fourth-order valence-corrected chi connectivity index (χ4v) is 14.8. The summed E-state index contributed by atoms with van der Waals surface area (Å²) < 4.78 is 35.7. The Labute approximate surface area is 305 Å². The highest BCUT2D eigenvalue weighted by Crippen LogP contribution is 2.73. The van der Waals surface area contributed by atoms with E-state index in [0.29, 0.717) is 51.4 Å². The van der Waals surface area contributed by atoms with E-state index in [9.17, 15) is 29.4 Å². The molecule has 8 rings (SSSR count). The maximum Gasteiger partial charge on any atom is 0.167 e. The number of alkyl halides is 2. The summed E-state index contributed by atoms with van der Waals surface area (Å²) >= 11 is 0. The zero-order valence-corrected chi connectivity index (χ0v) is 31.6. The first-order chi connectivity index (χ1) is 24.2. The Bertz CT molecular complexity index is 1590. The molecule has 8 nitrogen and oxygen atoms in total. The summed E-state index contributed by atoms with van der Waals surface area (Å²) in [5, 5.41) is 23.8. The highest BCUT2D eigenvalue weighted by molar-refractivity contribution is 5.92. The van der Waals surface area contributed by atoms with E-state index in [1.165, 1.54) is 13.8 Å². The first-order valence-corrected chi connectivity index (χ1v) is 19.8. The average Bonchev–Trinajstić information content (AvgIpc) is 3.53. The van der Waals surface area contributed by atoms with Crippen LogP contribution in [0.25, 0.3) is 0 Å². The standard InChI is InChI=1S/C42H56F2O8/c1-23(45)39(17-13-29-31-9-7-25-19-27(47)11-15-35(25,3)41(31,43)33(49)21-37(29,39)5)51-52-40(24(2)46)18-14-30-32-10-8-26-20-28(48)12-16-36(26,4)42(32,44)34(50)22-38(30,40)6/h19-20,29-34,49-50H,7-18,21-22H2,1-6H3. The number of aliphatic hydroxyl groups excluding tert-OH is 2. The van der Waals surface area contributed by atoms with Gasteiger partial charge in [0.25, 0.3) is 0 Å². The zero-order chi connectivity index (χ0) is 37.7. The number of halogens is 2. The molecule has 6 saturated carbocycles. The summed E-state index contributed by atoms with van der Waals surface area (Å²) in [5.74, 6) is -2.49. The molecule has 0 spiro atoms. The Morgan fingerprint density at radius 3 is 1.33 bits per heavy atom. The van der Waals surface area contributed by atoms with Crippen molar-refractivity contribution in [3.05, 3.63) is 23.3 Å². The Balaban J connectivity index is 1.12. The molecule has 0 aromatic heterocycles. The van der Waals surface area contributed by atoms with Crippen LogP contribution in [0.3, 0.4) is 0 Å². The lowest BCUT2D eigenvalue weighted by molar-refractivity contribution is -0.429. The van der Waals surface area contributed by atoms with E-state index in [0.717, 1.165) is 11.1 Å². The van der Waals surface area contributed by atoms with Crippen molar-refractivity contribution in [1.82, 2.24) is 0 Å². The largest absolute Gasteiger partial charge is 0.390 e. The summed E-state index contributed by atoms with van der Waals surface area (Å²) in [4.78, 5) is 65.7. The van der Waals surface area contributed by atoms with Gasteiger partial charge in [0.15, 0.2) is 34.3 Å². The molecule has 286 valence electrons. The van der Waals surface area contributed by atoms with Gasteiger partial charge in [-0.3, -0.25) is 19.2 Å². The lowest BCUT2D eigenvalue weighted by atomic mass is 9.43. The lowest BCUT2D eigenvalue weighted by Gasteiger charge is -2.64. The molecule has 6 fully saturated rings. The molecule has 2 N–H and O–H groups in total. The van der Waals surface area contributed by atoms with Crippen molar-refractivity contribution in [2.45, 2.75) is 166 Å². The molecule has 52 heavy (non-hydrogen) atoms. The number of hydrogen-bond donors (Lipinski definition) is 2. The maximum absolute atomic E-state index is 17.8. The minimum atomic E-state index is -1.99. The highest BCUT2D eigenvalue weighted by Gasteiger charge is 2.78. The number of Topliss-reactive ketones (excluding diaryl/α,β-unsaturated/α-hetero) is 2. The highest BCUT2D eigenvalue weighted by atomic mass is 19.1. The first-order valence-electron chi connectivity index (χ1n) is 19.8.